The lowest BCUT2D eigenvalue weighted by Gasteiger charge is -2.26. The van der Waals surface area contributed by atoms with Gasteiger partial charge in [0.25, 0.3) is 0 Å². The minimum atomic E-state index is -4.84. The van der Waals surface area contributed by atoms with Crippen molar-refractivity contribution in [3.05, 3.63) is 29.8 Å². The van der Waals surface area contributed by atoms with Crippen molar-refractivity contribution in [2.24, 2.45) is 0 Å². The van der Waals surface area contributed by atoms with Crippen LogP contribution in [0.15, 0.2) is 24.3 Å². The summed E-state index contributed by atoms with van der Waals surface area (Å²) in [6.45, 7) is 3.24. The molecule has 0 aromatic heterocycles. The molecule has 1 atom stereocenters. The second-order valence-electron chi connectivity index (χ2n) is 4.16. The Balaban J connectivity index is 3.17. The van der Waals surface area contributed by atoms with Crippen LogP contribution in [0.25, 0.3) is 0 Å². The average Bonchev–Trinajstić information content (AvgIpc) is 2.36. The molecule has 19 heavy (non-hydrogen) atoms. The van der Waals surface area contributed by atoms with Crippen LogP contribution in [0.2, 0.25) is 0 Å². The predicted octanol–water partition coefficient (Wildman–Crippen LogP) is 3.58. The fourth-order valence-corrected chi connectivity index (χ4v) is 1.55. The smallest absolute Gasteiger partial charge is 0.405 e. The van der Waals surface area contributed by atoms with Crippen LogP contribution in [0.4, 0.5) is 13.2 Å². The minimum absolute atomic E-state index is 0.147. The molecule has 0 saturated heterocycles. The Morgan fingerprint density at radius 2 is 1.84 bits per heavy atom. The summed E-state index contributed by atoms with van der Waals surface area (Å²) in [6.07, 6.45) is -4.51. The van der Waals surface area contributed by atoms with Gasteiger partial charge in [-0.05, 0) is 25.5 Å². The van der Waals surface area contributed by atoms with Crippen LogP contribution in [0.3, 0.4) is 0 Å². The Hall–Kier alpha value is -1.56. The normalized spacial score (nSPS) is 14.8. The van der Waals surface area contributed by atoms with Crippen molar-refractivity contribution >= 4 is 5.78 Å². The van der Waals surface area contributed by atoms with E-state index < -0.39 is 23.5 Å². The van der Waals surface area contributed by atoms with E-state index in [9.17, 15) is 18.0 Å². The van der Waals surface area contributed by atoms with E-state index in [2.05, 4.69) is 4.74 Å². The van der Waals surface area contributed by atoms with Gasteiger partial charge in [-0.3, -0.25) is 4.79 Å². The highest BCUT2D eigenvalue weighted by Gasteiger charge is 2.37. The number of benzene rings is 1. The third kappa shape index (κ3) is 3.70. The molecule has 0 fully saturated rings. The summed E-state index contributed by atoms with van der Waals surface area (Å²) < 4.78 is 45.8. The van der Waals surface area contributed by atoms with Crippen LogP contribution in [-0.2, 0) is 4.74 Å². The second-order valence-corrected chi connectivity index (χ2v) is 4.16. The van der Waals surface area contributed by atoms with E-state index in [4.69, 9.17) is 4.74 Å². The summed E-state index contributed by atoms with van der Waals surface area (Å²) in [7, 11) is 1.34. The average molecular weight is 276 g/mol. The van der Waals surface area contributed by atoms with Crippen LogP contribution in [0, 0.1) is 0 Å². The maximum Gasteiger partial charge on any atom is 0.573 e. The minimum Gasteiger partial charge on any atom is -0.405 e. The van der Waals surface area contributed by atoms with Gasteiger partial charge in [0.15, 0.2) is 5.78 Å². The number of carbonyl (C=O) groups is 1. The number of rotatable bonds is 5. The van der Waals surface area contributed by atoms with Gasteiger partial charge in [-0.25, -0.2) is 0 Å². The van der Waals surface area contributed by atoms with Gasteiger partial charge in [0.2, 0.25) is 0 Å². The Bertz CT molecular complexity index is 451. The van der Waals surface area contributed by atoms with E-state index in [1.165, 1.54) is 32.2 Å². The Kier molecular flexibility index (Phi) is 4.57. The predicted molar refractivity (Wildman–Crippen MR) is 63.2 cm³/mol. The number of hydrogen-bond acceptors (Lipinski definition) is 3. The quantitative estimate of drug-likeness (QED) is 0.771. The molecule has 0 radical (unpaired) electrons. The molecule has 1 aromatic rings. The molecule has 0 aliphatic heterocycles. The zero-order valence-electron chi connectivity index (χ0n) is 10.9. The molecule has 1 rings (SSSR count). The molecule has 0 saturated carbocycles. The number of alkyl halides is 3. The summed E-state index contributed by atoms with van der Waals surface area (Å²) in [6, 6.07) is 5.24. The van der Waals surface area contributed by atoms with Gasteiger partial charge in [0, 0.05) is 7.11 Å². The molecule has 0 N–H and O–H groups in total. The summed E-state index contributed by atoms with van der Waals surface area (Å²) >= 11 is 0. The topological polar surface area (TPSA) is 35.5 Å². The number of hydrogen-bond donors (Lipinski definition) is 0. The van der Waals surface area contributed by atoms with Crippen LogP contribution < -0.4 is 4.74 Å². The standard InChI is InChI=1S/C13H15F3O3/c1-4-12(2,18-3)11(17)9-7-5-6-8-10(9)19-13(14,15)16/h5-8H,4H2,1-3H3. The molecule has 0 bridgehead atoms. The summed E-state index contributed by atoms with van der Waals surface area (Å²) in [4.78, 5) is 12.3. The number of carbonyl (C=O) groups excluding carboxylic acids is 1. The SMILES string of the molecule is CCC(C)(OC)C(=O)c1ccccc1OC(F)(F)F. The largest absolute Gasteiger partial charge is 0.573 e. The first kappa shape index (κ1) is 15.5. The molecule has 0 amide bonds. The van der Waals surface area contributed by atoms with Crippen molar-refractivity contribution in [2.45, 2.75) is 32.2 Å². The molecule has 0 heterocycles. The summed E-state index contributed by atoms with van der Waals surface area (Å²) in [5.74, 6) is -1.06. The fourth-order valence-electron chi connectivity index (χ4n) is 1.55. The van der Waals surface area contributed by atoms with E-state index in [1.807, 2.05) is 0 Å². The molecule has 0 spiro atoms. The van der Waals surface area contributed by atoms with Gasteiger partial charge in [0.1, 0.15) is 11.4 Å². The highest BCUT2D eigenvalue weighted by Crippen LogP contribution is 2.30. The zero-order chi connectivity index (χ0) is 14.7. The van der Waals surface area contributed by atoms with Crippen LogP contribution >= 0.6 is 0 Å². The van der Waals surface area contributed by atoms with Crippen molar-refractivity contribution < 1.29 is 27.4 Å². The Morgan fingerprint density at radius 1 is 1.26 bits per heavy atom. The first-order chi connectivity index (χ1) is 8.73. The summed E-state index contributed by atoms with van der Waals surface area (Å²) in [5, 5.41) is 0. The maximum atomic E-state index is 12.3. The van der Waals surface area contributed by atoms with Gasteiger partial charge >= 0.3 is 6.36 Å². The second kappa shape index (κ2) is 5.61. The van der Waals surface area contributed by atoms with Crippen LogP contribution in [-0.4, -0.2) is 24.9 Å². The van der Waals surface area contributed by atoms with E-state index in [1.54, 1.807) is 6.92 Å². The fraction of sp³-hybridized carbons (Fsp3) is 0.462. The maximum absolute atomic E-state index is 12.3. The molecular formula is C13H15F3O3. The lowest BCUT2D eigenvalue weighted by molar-refractivity contribution is -0.274. The van der Waals surface area contributed by atoms with Gasteiger partial charge in [-0.1, -0.05) is 19.1 Å². The number of para-hydroxylation sites is 1. The Morgan fingerprint density at radius 3 is 2.32 bits per heavy atom. The van der Waals surface area contributed by atoms with E-state index in [-0.39, 0.29) is 5.56 Å². The third-order valence-corrected chi connectivity index (χ3v) is 2.96. The highest BCUT2D eigenvalue weighted by molar-refractivity contribution is 6.04. The van der Waals surface area contributed by atoms with Crippen molar-refractivity contribution in [1.82, 2.24) is 0 Å². The lowest BCUT2D eigenvalue weighted by Crippen LogP contribution is -2.37. The molecule has 106 valence electrons. The zero-order valence-corrected chi connectivity index (χ0v) is 10.9. The van der Waals surface area contributed by atoms with Crippen molar-refractivity contribution in [3.63, 3.8) is 0 Å². The molecular weight excluding hydrogens is 261 g/mol. The number of halogens is 3. The molecule has 6 heteroatoms. The van der Waals surface area contributed by atoms with Crippen LogP contribution in [0.5, 0.6) is 5.75 Å². The molecule has 1 unspecified atom stereocenters. The summed E-state index contributed by atoms with van der Waals surface area (Å²) in [5.41, 5.74) is -1.32. The number of Topliss-reactive ketones (excluding diaryl/α,β-unsaturated/α-hetero) is 1. The third-order valence-electron chi connectivity index (χ3n) is 2.96. The highest BCUT2D eigenvalue weighted by atomic mass is 19.4. The first-order valence-corrected chi connectivity index (χ1v) is 5.68. The number of methoxy groups -OCH3 is 1. The molecule has 0 aliphatic rings. The number of ketones is 1. The monoisotopic (exact) mass is 276 g/mol. The lowest BCUT2D eigenvalue weighted by atomic mass is 9.91. The van der Waals surface area contributed by atoms with Gasteiger partial charge in [0.05, 0.1) is 5.56 Å². The van der Waals surface area contributed by atoms with E-state index in [0.717, 1.165) is 6.07 Å². The van der Waals surface area contributed by atoms with Gasteiger partial charge in [-0.2, -0.15) is 0 Å². The van der Waals surface area contributed by atoms with E-state index in [0.29, 0.717) is 6.42 Å². The van der Waals surface area contributed by atoms with E-state index >= 15 is 0 Å². The van der Waals surface area contributed by atoms with Crippen molar-refractivity contribution in [3.8, 4) is 5.75 Å². The van der Waals surface area contributed by atoms with Gasteiger partial charge < -0.3 is 9.47 Å². The van der Waals surface area contributed by atoms with Crippen LogP contribution in [0.1, 0.15) is 30.6 Å². The first-order valence-electron chi connectivity index (χ1n) is 5.68. The molecule has 1 aromatic carbocycles. The Labute approximate surface area is 109 Å². The van der Waals surface area contributed by atoms with Crippen molar-refractivity contribution in [1.29, 1.82) is 0 Å². The number of ether oxygens (including phenoxy) is 2. The van der Waals surface area contributed by atoms with Gasteiger partial charge in [-0.15, -0.1) is 13.2 Å². The molecule has 3 nitrogen and oxygen atoms in total. The molecule has 0 aliphatic carbocycles. The van der Waals surface area contributed by atoms with Crippen molar-refractivity contribution in [2.75, 3.05) is 7.11 Å².